The summed E-state index contributed by atoms with van der Waals surface area (Å²) in [5.74, 6) is -2.19. The number of piperidine rings is 1. The van der Waals surface area contributed by atoms with E-state index >= 15 is 0 Å². The number of halogens is 2. The predicted octanol–water partition coefficient (Wildman–Crippen LogP) is 0.939. The Bertz CT molecular complexity index is 519. The van der Waals surface area contributed by atoms with Gasteiger partial charge in [-0.3, -0.25) is 9.78 Å². The van der Waals surface area contributed by atoms with Crippen LogP contribution in [0.3, 0.4) is 0 Å². The molecule has 0 aliphatic carbocycles. The van der Waals surface area contributed by atoms with Gasteiger partial charge < -0.3 is 14.5 Å². The second-order valence-corrected chi connectivity index (χ2v) is 5.55. The minimum Gasteiger partial charge on any atom is -0.365 e. The molecule has 2 saturated heterocycles. The standard InChI is InChI=1S/C14H18F2N4O2/c15-14(16)1-5-19(6-2-14)13(21)11-10-20(7-8-22-11)12-9-17-3-4-18-12/h3-4,9,11H,1-2,5-8,10H2. The molecule has 0 bridgehead atoms. The molecule has 1 unspecified atom stereocenters. The number of anilines is 1. The van der Waals surface area contributed by atoms with Crippen molar-refractivity contribution in [2.24, 2.45) is 0 Å². The first-order valence-corrected chi connectivity index (χ1v) is 7.34. The second-order valence-electron chi connectivity index (χ2n) is 5.55. The smallest absolute Gasteiger partial charge is 0.253 e. The number of morpholine rings is 1. The molecular weight excluding hydrogens is 294 g/mol. The molecule has 1 atom stereocenters. The van der Waals surface area contributed by atoms with E-state index in [1.807, 2.05) is 4.90 Å². The van der Waals surface area contributed by atoms with Crippen LogP contribution in [-0.4, -0.2) is 65.6 Å². The number of amides is 1. The van der Waals surface area contributed by atoms with Crippen molar-refractivity contribution in [1.82, 2.24) is 14.9 Å². The molecule has 3 rings (SSSR count). The summed E-state index contributed by atoms with van der Waals surface area (Å²) in [6.45, 7) is 1.55. The largest absolute Gasteiger partial charge is 0.365 e. The zero-order chi connectivity index (χ0) is 15.6. The third-order valence-corrected chi connectivity index (χ3v) is 4.02. The van der Waals surface area contributed by atoms with E-state index in [1.54, 1.807) is 18.6 Å². The molecule has 0 saturated carbocycles. The van der Waals surface area contributed by atoms with Crippen molar-refractivity contribution in [3.8, 4) is 0 Å². The fourth-order valence-electron chi connectivity index (χ4n) is 2.72. The summed E-state index contributed by atoms with van der Waals surface area (Å²) in [5.41, 5.74) is 0. The summed E-state index contributed by atoms with van der Waals surface area (Å²) < 4.78 is 31.9. The highest BCUT2D eigenvalue weighted by atomic mass is 19.3. The number of carbonyl (C=O) groups excluding carboxylic acids is 1. The Morgan fingerprint density at radius 2 is 2.05 bits per heavy atom. The Labute approximate surface area is 127 Å². The van der Waals surface area contributed by atoms with E-state index in [9.17, 15) is 13.6 Å². The van der Waals surface area contributed by atoms with Crippen LogP contribution in [0.1, 0.15) is 12.8 Å². The second kappa shape index (κ2) is 6.12. The van der Waals surface area contributed by atoms with Crippen LogP contribution in [0, 0.1) is 0 Å². The predicted molar refractivity (Wildman–Crippen MR) is 74.7 cm³/mol. The van der Waals surface area contributed by atoms with Crippen molar-refractivity contribution in [3.63, 3.8) is 0 Å². The highest BCUT2D eigenvalue weighted by molar-refractivity contribution is 5.82. The number of likely N-dealkylation sites (tertiary alicyclic amines) is 1. The quantitative estimate of drug-likeness (QED) is 0.813. The number of rotatable bonds is 2. The lowest BCUT2D eigenvalue weighted by molar-refractivity contribution is -0.150. The van der Waals surface area contributed by atoms with Crippen LogP contribution in [0.25, 0.3) is 0 Å². The Morgan fingerprint density at radius 3 is 2.73 bits per heavy atom. The molecule has 22 heavy (non-hydrogen) atoms. The van der Waals surface area contributed by atoms with Crippen molar-refractivity contribution < 1.29 is 18.3 Å². The van der Waals surface area contributed by atoms with Gasteiger partial charge in [-0.2, -0.15) is 0 Å². The highest BCUT2D eigenvalue weighted by Gasteiger charge is 2.38. The molecule has 1 amide bonds. The first-order chi connectivity index (χ1) is 10.6. The molecule has 2 aliphatic heterocycles. The molecule has 0 radical (unpaired) electrons. The van der Waals surface area contributed by atoms with Crippen molar-refractivity contribution >= 4 is 11.7 Å². The van der Waals surface area contributed by atoms with Gasteiger partial charge in [0.2, 0.25) is 0 Å². The SMILES string of the molecule is O=C(C1CN(c2cnccn2)CCO1)N1CCC(F)(F)CC1. The third kappa shape index (κ3) is 3.32. The molecule has 6 nitrogen and oxygen atoms in total. The van der Waals surface area contributed by atoms with E-state index < -0.39 is 12.0 Å². The molecule has 2 aliphatic rings. The third-order valence-electron chi connectivity index (χ3n) is 4.02. The number of ether oxygens (including phenoxy) is 1. The Hall–Kier alpha value is -1.83. The summed E-state index contributed by atoms with van der Waals surface area (Å²) in [7, 11) is 0. The van der Waals surface area contributed by atoms with Gasteiger partial charge in [0.15, 0.2) is 6.10 Å². The van der Waals surface area contributed by atoms with Gasteiger partial charge in [-0.25, -0.2) is 13.8 Å². The number of hydrogen-bond donors (Lipinski definition) is 0. The lowest BCUT2D eigenvalue weighted by atomic mass is 10.1. The molecule has 0 spiro atoms. The van der Waals surface area contributed by atoms with Crippen molar-refractivity contribution in [1.29, 1.82) is 0 Å². The van der Waals surface area contributed by atoms with Gasteiger partial charge in [-0.1, -0.05) is 0 Å². The molecule has 3 heterocycles. The molecule has 0 aromatic carbocycles. The average Bonchev–Trinajstić information content (AvgIpc) is 2.55. The number of alkyl halides is 2. The monoisotopic (exact) mass is 312 g/mol. The van der Waals surface area contributed by atoms with Crippen LogP contribution < -0.4 is 4.90 Å². The lowest BCUT2D eigenvalue weighted by Gasteiger charge is -2.37. The molecule has 2 fully saturated rings. The first-order valence-electron chi connectivity index (χ1n) is 7.34. The van der Waals surface area contributed by atoms with Gasteiger partial charge in [-0.05, 0) is 0 Å². The van der Waals surface area contributed by atoms with Gasteiger partial charge in [0.05, 0.1) is 19.3 Å². The van der Waals surface area contributed by atoms with Crippen LogP contribution in [0.5, 0.6) is 0 Å². The molecule has 1 aromatic heterocycles. The zero-order valence-electron chi connectivity index (χ0n) is 12.1. The average molecular weight is 312 g/mol. The van der Waals surface area contributed by atoms with Crippen LogP contribution in [-0.2, 0) is 9.53 Å². The Balaban J connectivity index is 1.61. The van der Waals surface area contributed by atoms with Crippen LogP contribution in [0.15, 0.2) is 18.6 Å². The Kier molecular flexibility index (Phi) is 4.19. The number of hydrogen-bond acceptors (Lipinski definition) is 5. The van der Waals surface area contributed by atoms with E-state index in [4.69, 9.17) is 4.74 Å². The molecule has 120 valence electrons. The molecule has 0 N–H and O–H groups in total. The summed E-state index contributed by atoms with van der Waals surface area (Å²) >= 11 is 0. The topological polar surface area (TPSA) is 58.6 Å². The summed E-state index contributed by atoms with van der Waals surface area (Å²) in [6.07, 6.45) is 3.62. The summed E-state index contributed by atoms with van der Waals surface area (Å²) in [4.78, 5) is 24.1. The van der Waals surface area contributed by atoms with Crippen LogP contribution in [0.2, 0.25) is 0 Å². The lowest BCUT2D eigenvalue weighted by Crippen LogP contribution is -2.53. The fraction of sp³-hybridized carbons (Fsp3) is 0.643. The maximum Gasteiger partial charge on any atom is 0.253 e. The van der Waals surface area contributed by atoms with E-state index in [1.165, 1.54) is 4.90 Å². The van der Waals surface area contributed by atoms with E-state index in [0.717, 1.165) is 0 Å². The first kappa shape index (κ1) is 15.1. The van der Waals surface area contributed by atoms with Crippen LogP contribution in [0.4, 0.5) is 14.6 Å². The van der Waals surface area contributed by atoms with Gasteiger partial charge in [0, 0.05) is 44.9 Å². The van der Waals surface area contributed by atoms with E-state index in [-0.39, 0.29) is 31.8 Å². The normalized spacial score (nSPS) is 25.1. The summed E-state index contributed by atoms with van der Waals surface area (Å²) in [6, 6.07) is 0. The molecule has 8 heteroatoms. The van der Waals surface area contributed by atoms with Crippen molar-refractivity contribution in [2.75, 3.05) is 37.7 Å². The Morgan fingerprint density at radius 1 is 1.27 bits per heavy atom. The highest BCUT2D eigenvalue weighted by Crippen LogP contribution is 2.28. The molecular formula is C14H18F2N4O2. The number of aromatic nitrogens is 2. The molecule has 1 aromatic rings. The fourth-order valence-corrected chi connectivity index (χ4v) is 2.72. The summed E-state index contributed by atoms with van der Waals surface area (Å²) in [5, 5.41) is 0. The van der Waals surface area contributed by atoms with E-state index in [0.29, 0.717) is 25.5 Å². The maximum absolute atomic E-state index is 13.2. The maximum atomic E-state index is 13.2. The number of nitrogens with zero attached hydrogens (tertiary/aromatic N) is 4. The van der Waals surface area contributed by atoms with Crippen molar-refractivity contribution in [3.05, 3.63) is 18.6 Å². The number of carbonyl (C=O) groups is 1. The minimum absolute atomic E-state index is 0.0802. The zero-order valence-corrected chi connectivity index (χ0v) is 12.1. The van der Waals surface area contributed by atoms with Crippen LogP contribution >= 0.6 is 0 Å². The van der Waals surface area contributed by atoms with Gasteiger partial charge >= 0.3 is 0 Å². The van der Waals surface area contributed by atoms with Gasteiger partial charge in [0.25, 0.3) is 11.8 Å². The van der Waals surface area contributed by atoms with E-state index in [2.05, 4.69) is 9.97 Å². The van der Waals surface area contributed by atoms with Gasteiger partial charge in [0.1, 0.15) is 5.82 Å². The minimum atomic E-state index is -2.66. The van der Waals surface area contributed by atoms with Gasteiger partial charge in [-0.15, -0.1) is 0 Å². The van der Waals surface area contributed by atoms with Crippen molar-refractivity contribution in [2.45, 2.75) is 24.9 Å².